The van der Waals surface area contributed by atoms with Crippen LogP contribution in [0.5, 0.6) is 0 Å². The van der Waals surface area contributed by atoms with Gasteiger partial charge in [-0.3, -0.25) is 4.90 Å². The zero-order valence-electron chi connectivity index (χ0n) is 10.2. The van der Waals surface area contributed by atoms with Crippen molar-refractivity contribution in [3.8, 4) is 0 Å². The molecule has 0 amide bonds. The topological polar surface area (TPSA) is 40.5 Å². The van der Waals surface area contributed by atoms with Gasteiger partial charge in [-0.1, -0.05) is 36.8 Å². The molecule has 1 aliphatic heterocycles. The molecule has 1 aromatic carbocycles. The molecule has 1 heterocycles. The fraction of sp³-hybridized carbons (Fsp3) is 0.500. The first-order chi connectivity index (χ1) is 8.15. The predicted octanol–water partition coefficient (Wildman–Crippen LogP) is 2.47. The maximum Gasteiger partial charge on any atom is 0.328 e. The number of likely N-dealkylation sites (tertiary alicyclic amines) is 1. The largest absolute Gasteiger partial charge is 0.480 e. The van der Waals surface area contributed by atoms with Crippen molar-refractivity contribution in [2.45, 2.75) is 31.7 Å². The number of rotatable bonds is 3. The summed E-state index contributed by atoms with van der Waals surface area (Å²) in [6.45, 7) is 3.56. The highest BCUT2D eigenvalue weighted by molar-refractivity contribution is 5.80. The summed E-state index contributed by atoms with van der Waals surface area (Å²) < 4.78 is 0. The van der Waals surface area contributed by atoms with Crippen LogP contribution in [-0.4, -0.2) is 29.1 Å². The van der Waals surface area contributed by atoms with Crippen LogP contribution in [-0.2, 0) is 10.3 Å². The Bertz CT molecular complexity index is 384. The molecule has 0 spiro atoms. The van der Waals surface area contributed by atoms with Gasteiger partial charge in [-0.15, -0.1) is 0 Å². The van der Waals surface area contributed by atoms with Crippen LogP contribution >= 0.6 is 0 Å². The van der Waals surface area contributed by atoms with E-state index >= 15 is 0 Å². The number of carboxylic acids is 1. The molecule has 0 aliphatic carbocycles. The number of carbonyl (C=O) groups is 1. The summed E-state index contributed by atoms with van der Waals surface area (Å²) in [5.74, 6) is -0.759. The Kier molecular flexibility index (Phi) is 3.48. The predicted molar refractivity (Wildman–Crippen MR) is 66.9 cm³/mol. The Morgan fingerprint density at radius 2 is 1.76 bits per heavy atom. The number of aliphatic carboxylic acids is 1. The highest BCUT2D eigenvalue weighted by Crippen LogP contribution is 2.31. The van der Waals surface area contributed by atoms with Crippen molar-refractivity contribution >= 4 is 5.97 Å². The molecule has 92 valence electrons. The van der Waals surface area contributed by atoms with Crippen LogP contribution in [0.25, 0.3) is 0 Å². The third-order valence-electron chi connectivity index (χ3n) is 3.74. The first-order valence-electron chi connectivity index (χ1n) is 6.19. The van der Waals surface area contributed by atoms with Gasteiger partial charge in [0.1, 0.15) is 5.54 Å². The van der Waals surface area contributed by atoms with Gasteiger partial charge in [0.15, 0.2) is 0 Å². The van der Waals surface area contributed by atoms with Crippen LogP contribution in [0.15, 0.2) is 30.3 Å². The SMILES string of the molecule is CC(C(=O)O)(c1ccccc1)N1CCCCC1. The van der Waals surface area contributed by atoms with Crippen LogP contribution in [0.1, 0.15) is 31.7 Å². The maximum absolute atomic E-state index is 11.7. The van der Waals surface area contributed by atoms with Gasteiger partial charge < -0.3 is 5.11 Å². The zero-order valence-corrected chi connectivity index (χ0v) is 10.2. The third kappa shape index (κ3) is 2.20. The van der Waals surface area contributed by atoms with E-state index in [0.29, 0.717) is 0 Å². The number of hydrogen-bond acceptors (Lipinski definition) is 2. The normalized spacial score (nSPS) is 20.8. The Morgan fingerprint density at radius 3 is 2.29 bits per heavy atom. The second kappa shape index (κ2) is 4.88. The summed E-state index contributed by atoms with van der Waals surface area (Å²) in [6.07, 6.45) is 3.40. The molecule has 1 atom stereocenters. The van der Waals surface area contributed by atoms with Crippen LogP contribution in [0, 0.1) is 0 Å². The van der Waals surface area contributed by atoms with Gasteiger partial charge in [0, 0.05) is 0 Å². The lowest BCUT2D eigenvalue weighted by Crippen LogP contribution is -2.51. The van der Waals surface area contributed by atoms with Crippen molar-refractivity contribution in [2.24, 2.45) is 0 Å². The zero-order chi connectivity index (χ0) is 12.3. The lowest BCUT2D eigenvalue weighted by molar-refractivity contribution is -0.152. The van der Waals surface area contributed by atoms with E-state index in [0.717, 1.165) is 31.5 Å². The molecule has 0 radical (unpaired) electrons. The molecular weight excluding hydrogens is 214 g/mol. The van der Waals surface area contributed by atoms with Crippen LogP contribution in [0.2, 0.25) is 0 Å². The minimum absolute atomic E-state index is 0.759. The van der Waals surface area contributed by atoms with E-state index in [2.05, 4.69) is 4.90 Å². The van der Waals surface area contributed by atoms with Crippen LogP contribution in [0.4, 0.5) is 0 Å². The van der Waals surface area contributed by atoms with Crippen molar-refractivity contribution in [3.05, 3.63) is 35.9 Å². The third-order valence-corrected chi connectivity index (χ3v) is 3.74. The summed E-state index contributed by atoms with van der Waals surface area (Å²) in [6, 6.07) is 9.54. The summed E-state index contributed by atoms with van der Waals surface area (Å²) in [5, 5.41) is 9.60. The van der Waals surface area contributed by atoms with Gasteiger partial charge in [0.05, 0.1) is 0 Å². The van der Waals surface area contributed by atoms with Gasteiger partial charge in [-0.25, -0.2) is 4.79 Å². The molecule has 0 bridgehead atoms. The first kappa shape index (κ1) is 12.1. The summed E-state index contributed by atoms with van der Waals surface area (Å²) >= 11 is 0. The first-order valence-corrected chi connectivity index (χ1v) is 6.19. The number of hydrogen-bond donors (Lipinski definition) is 1. The van der Waals surface area contributed by atoms with Gasteiger partial charge >= 0.3 is 5.97 Å². The maximum atomic E-state index is 11.7. The molecule has 1 N–H and O–H groups in total. The lowest BCUT2D eigenvalue weighted by Gasteiger charge is -2.40. The fourth-order valence-electron chi connectivity index (χ4n) is 2.55. The summed E-state index contributed by atoms with van der Waals surface area (Å²) in [7, 11) is 0. The molecule has 0 aromatic heterocycles. The molecule has 3 nitrogen and oxygen atoms in total. The molecule has 0 saturated carbocycles. The van der Waals surface area contributed by atoms with Crippen molar-refractivity contribution in [1.29, 1.82) is 0 Å². The Labute approximate surface area is 102 Å². The molecule has 1 aliphatic rings. The van der Waals surface area contributed by atoms with E-state index < -0.39 is 11.5 Å². The smallest absolute Gasteiger partial charge is 0.328 e. The van der Waals surface area contributed by atoms with E-state index in [1.54, 1.807) is 0 Å². The van der Waals surface area contributed by atoms with Crippen LogP contribution < -0.4 is 0 Å². The second-order valence-electron chi connectivity index (χ2n) is 4.79. The van der Waals surface area contributed by atoms with E-state index in [4.69, 9.17) is 0 Å². The van der Waals surface area contributed by atoms with Gasteiger partial charge in [-0.2, -0.15) is 0 Å². The monoisotopic (exact) mass is 233 g/mol. The molecule has 3 heteroatoms. The molecular formula is C14H19NO2. The standard InChI is InChI=1S/C14H19NO2/c1-14(13(16)17,12-8-4-2-5-9-12)15-10-6-3-7-11-15/h2,4-5,8-9H,3,6-7,10-11H2,1H3,(H,16,17). The van der Waals surface area contributed by atoms with E-state index in [1.165, 1.54) is 6.42 Å². The minimum atomic E-state index is -0.887. The van der Waals surface area contributed by atoms with Crippen molar-refractivity contribution in [1.82, 2.24) is 4.90 Å². The van der Waals surface area contributed by atoms with Gasteiger partial charge in [-0.05, 0) is 38.4 Å². The van der Waals surface area contributed by atoms with Crippen LogP contribution in [0.3, 0.4) is 0 Å². The van der Waals surface area contributed by atoms with Crippen molar-refractivity contribution < 1.29 is 9.90 Å². The van der Waals surface area contributed by atoms with E-state index in [1.807, 2.05) is 37.3 Å². The second-order valence-corrected chi connectivity index (χ2v) is 4.79. The molecule has 17 heavy (non-hydrogen) atoms. The fourth-order valence-corrected chi connectivity index (χ4v) is 2.55. The van der Waals surface area contributed by atoms with E-state index in [-0.39, 0.29) is 0 Å². The lowest BCUT2D eigenvalue weighted by atomic mass is 9.88. The minimum Gasteiger partial charge on any atom is -0.480 e. The molecule has 1 fully saturated rings. The Morgan fingerprint density at radius 1 is 1.18 bits per heavy atom. The van der Waals surface area contributed by atoms with Gasteiger partial charge in [0.2, 0.25) is 0 Å². The van der Waals surface area contributed by atoms with Crippen molar-refractivity contribution in [2.75, 3.05) is 13.1 Å². The summed E-state index contributed by atoms with van der Waals surface area (Å²) in [5.41, 5.74) is -0.0174. The quantitative estimate of drug-likeness (QED) is 0.872. The molecule has 2 rings (SSSR count). The average molecular weight is 233 g/mol. The molecule has 1 aromatic rings. The average Bonchev–Trinajstić information content (AvgIpc) is 2.39. The van der Waals surface area contributed by atoms with E-state index in [9.17, 15) is 9.90 Å². The summed E-state index contributed by atoms with van der Waals surface area (Å²) in [4.78, 5) is 13.8. The number of carboxylic acid groups (broad SMARTS) is 1. The number of piperidine rings is 1. The highest BCUT2D eigenvalue weighted by atomic mass is 16.4. The molecule has 1 saturated heterocycles. The molecule has 1 unspecified atom stereocenters. The highest BCUT2D eigenvalue weighted by Gasteiger charge is 2.41. The number of nitrogens with zero attached hydrogens (tertiary/aromatic N) is 1. The Hall–Kier alpha value is -1.35. The number of benzene rings is 1. The van der Waals surface area contributed by atoms with Gasteiger partial charge in [0.25, 0.3) is 0 Å². The van der Waals surface area contributed by atoms with Crippen molar-refractivity contribution in [3.63, 3.8) is 0 Å². The Balaban J connectivity index is 2.35.